The molecular weight excluding hydrogens is 149 g/mol. The summed E-state index contributed by atoms with van der Waals surface area (Å²) in [7, 11) is 3.67. The molecule has 0 aliphatic heterocycles. The van der Waals surface area contributed by atoms with Gasteiger partial charge >= 0.3 is 5.97 Å². The molecule has 0 aliphatic rings. The first-order valence-corrected chi connectivity index (χ1v) is 3.07. The predicted molar refractivity (Wildman–Crippen MR) is 41.9 cm³/mol. The first-order valence-electron chi connectivity index (χ1n) is 3.07. The maximum atomic E-state index is 10.6. The van der Waals surface area contributed by atoms with Crippen LogP contribution in [0.25, 0.3) is 0 Å². The fourth-order valence-corrected chi connectivity index (χ4v) is 0.322. The van der Waals surface area contributed by atoms with Gasteiger partial charge in [-0.15, -0.1) is 0 Å². The summed E-state index contributed by atoms with van der Waals surface area (Å²) in [5.41, 5.74) is 0. The topological polar surface area (TPSA) is 29.5 Å². The molecule has 1 unspecified atom stereocenters. The first-order chi connectivity index (χ1) is 4.57. The predicted octanol–water partition coefficient (Wildman–Crippen LogP) is 0.776. The highest BCUT2D eigenvalue weighted by atomic mass is 19.0. The van der Waals surface area contributed by atoms with E-state index in [2.05, 4.69) is 6.58 Å². The summed E-state index contributed by atoms with van der Waals surface area (Å²) in [6.07, 6.45) is 0.963. The largest absolute Gasteiger partial charge is 0.444 e. The average molecular weight is 163 g/mol. The lowest BCUT2D eigenvalue weighted by atomic mass is 10.6. The molecule has 0 aliphatic carbocycles. The van der Waals surface area contributed by atoms with Crippen LogP contribution in [0.5, 0.6) is 0 Å². The number of hydrogen-bond acceptors (Lipinski definition) is 3. The van der Waals surface area contributed by atoms with Crippen LogP contribution < -0.4 is 0 Å². The molecule has 0 fully saturated rings. The lowest BCUT2D eigenvalue weighted by Gasteiger charge is -2.18. The van der Waals surface area contributed by atoms with Crippen LogP contribution in [0.15, 0.2) is 12.7 Å². The number of carbonyl (C=O) groups excluding carboxylic acids is 1. The fourth-order valence-electron chi connectivity index (χ4n) is 0.322. The molecule has 0 aromatic carbocycles. The Morgan fingerprint density at radius 2 is 2.09 bits per heavy atom. The van der Waals surface area contributed by atoms with Crippen molar-refractivity contribution in [3.8, 4) is 0 Å². The third-order valence-electron chi connectivity index (χ3n) is 1.18. The van der Waals surface area contributed by atoms with Crippen molar-refractivity contribution in [2.75, 3.05) is 14.1 Å². The Bertz CT molecular complexity index is 136. The van der Waals surface area contributed by atoms with Crippen LogP contribution in [0.3, 0.4) is 0 Å². The van der Waals surface area contributed by atoms with E-state index >= 15 is 0 Å². The quantitative estimate of drug-likeness (QED) is 0.350. The molecule has 0 aromatic heterocycles. The summed E-state index contributed by atoms with van der Waals surface area (Å²) in [5.74, 6) is -0.388. The maximum Gasteiger partial charge on any atom is 0.331 e. The highest BCUT2D eigenvalue weighted by molar-refractivity contribution is 5.81. The van der Waals surface area contributed by atoms with Gasteiger partial charge in [-0.05, 0) is 21.0 Å². The van der Waals surface area contributed by atoms with Gasteiger partial charge in [0.25, 0.3) is 0 Å². The lowest BCUT2D eigenvalue weighted by molar-refractivity contribution is -0.149. The van der Waals surface area contributed by atoms with Crippen molar-refractivity contribution in [1.29, 1.82) is 0 Å². The van der Waals surface area contributed by atoms with Crippen molar-refractivity contribution in [3.05, 3.63) is 12.7 Å². The summed E-state index contributed by atoms with van der Waals surface area (Å²) in [6.45, 7) is 5.07. The summed E-state index contributed by atoms with van der Waals surface area (Å²) >= 11 is 0. The van der Waals surface area contributed by atoms with Crippen molar-refractivity contribution in [3.63, 3.8) is 0 Å². The first kappa shape index (κ1) is 12.7. The normalized spacial score (nSPS) is 11.6. The van der Waals surface area contributed by atoms with Crippen LogP contribution in [-0.2, 0) is 9.53 Å². The minimum absolute atomic E-state index is 0. The number of carbonyl (C=O) groups is 1. The summed E-state index contributed by atoms with van der Waals surface area (Å²) in [5, 5.41) is 0. The summed E-state index contributed by atoms with van der Waals surface area (Å²) in [4.78, 5) is 12.4. The molecule has 0 amide bonds. The van der Waals surface area contributed by atoms with E-state index in [0.29, 0.717) is 0 Å². The SMILES string of the molecule is C=CC(=O)OC(C)N(C)C.F. The number of hydrogen-bond donors (Lipinski definition) is 0. The Kier molecular flexibility index (Phi) is 6.78. The van der Waals surface area contributed by atoms with E-state index < -0.39 is 0 Å². The number of esters is 1. The van der Waals surface area contributed by atoms with Gasteiger partial charge in [0, 0.05) is 6.08 Å². The summed E-state index contributed by atoms with van der Waals surface area (Å²) in [6, 6.07) is 0. The monoisotopic (exact) mass is 163 g/mol. The Balaban J connectivity index is 0. The zero-order chi connectivity index (χ0) is 8.15. The van der Waals surface area contributed by atoms with Gasteiger partial charge in [0.1, 0.15) is 0 Å². The van der Waals surface area contributed by atoms with E-state index in [1.807, 2.05) is 14.1 Å². The fraction of sp³-hybridized carbons (Fsp3) is 0.571. The maximum absolute atomic E-state index is 10.6. The molecule has 0 heterocycles. The van der Waals surface area contributed by atoms with E-state index in [0.717, 1.165) is 6.08 Å². The minimum Gasteiger partial charge on any atom is -0.444 e. The van der Waals surface area contributed by atoms with Gasteiger partial charge in [0.15, 0.2) is 6.23 Å². The van der Waals surface area contributed by atoms with E-state index in [-0.39, 0.29) is 16.9 Å². The Morgan fingerprint density at radius 1 is 1.64 bits per heavy atom. The van der Waals surface area contributed by atoms with Crippen molar-refractivity contribution in [1.82, 2.24) is 4.90 Å². The van der Waals surface area contributed by atoms with Gasteiger partial charge in [0.2, 0.25) is 0 Å². The van der Waals surface area contributed by atoms with E-state index in [4.69, 9.17) is 4.74 Å². The molecule has 66 valence electrons. The third-order valence-corrected chi connectivity index (χ3v) is 1.18. The molecule has 0 saturated carbocycles. The number of nitrogens with zero attached hydrogens (tertiary/aromatic N) is 1. The molecule has 0 N–H and O–H groups in total. The molecule has 0 aromatic rings. The molecule has 0 bridgehead atoms. The zero-order valence-corrected chi connectivity index (χ0v) is 7.03. The molecule has 1 atom stereocenters. The van der Waals surface area contributed by atoms with Crippen molar-refractivity contribution in [2.45, 2.75) is 13.2 Å². The van der Waals surface area contributed by atoms with Crippen LogP contribution in [0.1, 0.15) is 6.92 Å². The molecule has 0 radical (unpaired) electrons. The van der Waals surface area contributed by atoms with Gasteiger partial charge in [-0.1, -0.05) is 6.58 Å². The molecule has 4 heteroatoms. The lowest BCUT2D eigenvalue weighted by Crippen LogP contribution is -2.29. The minimum atomic E-state index is -0.388. The van der Waals surface area contributed by atoms with E-state index in [1.165, 1.54) is 0 Å². The highest BCUT2D eigenvalue weighted by Gasteiger charge is 2.06. The number of halogens is 1. The molecule has 3 nitrogen and oxygen atoms in total. The zero-order valence-electron chi connectivity index (χ0n) is 7.03. The summed E-state index contributed by atoms with van der Waals surface area (Å²) < 4.78 is 4.83. The third kappa shape index (κ3) is 5.54. The van der Waals surface area contributed by atoms with Gasteiger partial charge in [-0.25, -0.2) is 4.79 Å². The van der Waals surface area contributed by atoms with Crippen LogP contribution in [0.2, 0.25) is 0 Å². The van der Waals surface area contributed by atoms with Crippen molar-refractivity contribution >= 4 is 5.97 Å². The Morgan fingerprint density at radius 3 is 2.36 bits per heavy atom. The smallest absolute Gasteiger partial charge is 0.331 e. The molecule has 0 spiro atoms. The van der Waals surface area contributed by atoms with Crippen molar-refractivity contribution in [2.24, 2.45) is 0 Å². The van der Waals surface area contributed by atoms with Crippen LogP contribution in [-0.4, -0.2) is 31.2 Å². The van der Waals surface area contributed by atoms with Crippen molar-refractivity contribution < 1.29 is 14.2 Å². The van der Waals surface area contributed by atoms with Crippen LogP contribution in [0.4, 0.5) is 4.70 Å². The highest BCUT2D eigenvalue weighted by Crippen LogP contribution is 1.94. The van der Waals surface area contributed by atoms with E-state index in [9.17, 15) is 4.79 Å². The number of ether oxygens (including phenoxy) is 1. The second-order valence-corrected chi connectivity index (χ2v) is 2.20. The second-order valence-electron chi connectivity index (χ2n) is 2.20. The van der Waals surface area contributed by atoms with Gasteiger partial charge in [-0.3, -0.25) is 9.60 Å². The number of rotatable bonds is 3. The molecule has 0 rings (SSSR count). The van der Waals surface area contributed by atoms with E-state index in [1.54, 1.807) is 11.8 Å². The van der Waals surface area contributed by atoms with Gasteiger partial charge in [-0.2, -0.15) is 0 Å². The Hall–Kier alpha value is -0.900. The average Bonchev–Trinajstić information content (AvgIpc) is 1.87. The molecule has 0 saturated heterocycles. The molecular formula is C7H14FNO2. The van der Waals surface area contributed by atoms with Crippen LogP contribution >= 0.6 is 0 Å². The molecule has 11 heavy (non-hydrogen) atoms. The van der Waals surface area contributed by atoms with Gasteiger partial charge < -0.3 is 4.74 Å². The van der Waals surface area contributed by atoms with Crippen LogP contribution in [0, 0.1) is 0 Å². The Labute approximate surface area is 66.0 Å². The second kappa shape index (κ2) is 5.85. The standard InChI is InChI=1S/C7H13NO2.FH/c1-5-7(9)10-6(2)8(3)4;/h5-6H,1H2,2-4H3;1H. The van der Waals surface area contributed by atoms with Gasteiger partial charge in [0.05, 0.1) is 0 Å².